The normalized spacial score (nSPS) is 37.0. The Balaban J connectivity index is 2.10. The van der Waals surface area contributed by atoms with Crippen LogP contribution in [0.3, 0.4) is 0 Å². The smallest absolute Gasteiger partial charge is 0.157 e. The largest absolute Gasteiger partial charge is 0.313 e. The third-order valence-corrected chi connectivity index (χ3v) is 7.91. The van der Waals surface area contributed by atoms with Gasteiger partial charge in [0.2, 0.25) is 0 Å². The molecule has 3 atom stereocenters. The molecule has 20 heavy (non-hydrogen) atoms. The van der Waals surface area contributed by atoms with Crippen molar-refractivity contribution in [3.8, 4) is 0 Å². The highest BCUT2D eigenvalue weighted by atomic mass is 32.2. The van der Waals surface area contributed by atoms with Crippen molar-refractivity contribution >= 4 is 9.84 Å². The van der Waals surface area contributed by atoms with E-state index in [1.165, 1.54) is 44.9 Å². The highest BCUT2D eigenvalue weighted by Gasteiger charge is 2.38. The molecule has 4 heteroatoms. The third kappa shape index (κ3) is 4.20. The van der Waals surface area contributed by atoms with E-state index < -0.39 is 9.84 Å². The van der Waals surface area contributed by atoms with Gasteiger partial charge in [0.15, 0.2) is 9.84 Å². The van der Waals surface area contributed by atoms with Gasteiger partial charge in [-0.1, -0.05) is 51.4 Å². The Bertz CT molecular complexity index is 380. The number of nitrogens with one attached hydrogen (secondary N) is 1. The molecule has 1 heterocycles. The fourth-order valence-electron chi connectivity index (χ4n) is 3.72. The highest BCUT2D eigenvalue weighted by molar-refractivity contribution is 7.92. The average Bonchev–Trinajstić information content (AvgIpc) is 2.49. The first-order chi connectivity index (χ1) is 9.62. The Morgan fingerprint density at radius 3 is 2.00 bits per heavy atom. The van der Waals surface area contributed by atoms with Gasteiger partial charge < -0.3 is 5.32 Å². The van der Waals surface area contributed by atoms with Crippen molar-refractivity contribution in [2.45, 2.75) is 94.1 Å². The van der Waals surface area contributed by atoms with Crippen LogP contribution in [0.25, 0.3) is 0 Å². The molecule has 118 valence electrons. The van der Waals surface area contributed by atoms with Crippen LogP contribution in [-0.4, -0.2) is 31.5 Å². The average molecular weight is 301 g/mol. The lowest BCUT2D eigenvalue weighted by Gasteiger charge is -2.27. The fourth-order valence-corrected chi connectivity index (χ4v) is 5.95. The molecule has 0 spiro atoms. The Kier molecular flexibility index (Phi) is 6.34. The van der Waals surface area contributed by atoms with E-state index in [1.54, 1.807) is 0 Å². The molecule has 0 radical (unpaired) electrons. The summed E-state index contributed by atoms with van der Waals surface area (Å²) in [6, 6.07) is 0.198. The molecule has 0 bridgehead atoms. The van der Waals surface area contributed by atoms with Gasteiger partial charge >= 0.3 is 0 Å². The van der Waals surface area contributed by atoms with E-state index in [0.29, 0.717) is 0 Å². The van der Waals surface area contributed by atoms with Crippen LogP contribution in [0.15, 0.2) is 0 Å². The van der Waals surface area contributed by atoms with Crippen molar-refractivity contribution in [2.75, 3.05) is 6.54 Å². The van der Waals surface area contributed by atoms with Gasteiger partial charge in [-0.2, -0.15) is 0 Å². The Morgan fingerprint density at radius 1 is 0.800 bits per heavy atom. The minimum Gasteiger partial charge on any atom is -0.313 e. The first-order valence-electron chi connectivity index (χ1n) is 8.58. The van der Waals surface area contributed by atoms with Crippen molar-refractivity contribution in [3.63, 3.8) is 0 Å². The molecule has 0 amide bonds. The second-order valence-electron chi connectivity index (χ2n) is 6.69. The maximum Gasteiger partial charge on any atom is 0.157 e. The van der Waals surface area contributed by atoms with Gasteiger partial charge in [0, 0.05) is 6.04 Å². The second kappa shape index (κ2) is 7.79. The second-order valence-corrected chi connectivity index (χ2v) is 9.28. The fraction of sp³-hybridized carbons (Fsp3) is 1.00. The summed E-state index contributed by atoms with van der Waals surface area (Å²) in [5.74, 6) is 0. The van der Waals surface area contributed by atoms with E-state index in [2.05, 4.69) is 5.32 Å². The molecule has 0 aromatic heterocycles. The molecule has 1 aliphatic heterocycles. The van der Waals surface area contributed by atoms with Crippen LogP contribution in [0, 0.1) is 0 Å². The minimum absolute atomic E-state index is 0.139. The quantitative estimate of drug-likeness (QED) is 0.745. The van der Waals surface area contributed by atoms with E-state index in [9.17, 15) is 8.42 Å². The van der Waals surface area contributed by atoms with Gasteiger partial charge in [-0.05, 0) is 32.7 Å². The Hall–Kier alpha value is -0.0900. The number of hydrogen-bond donors (Lipinski definition) is 1. The van der Waals surface area contributed by atoms with Crippen LogP contribution in [0.1, 0.15) is 77.6 Å². The molecule has 1 saturated carbocycles. The van der Waals surface area contributed by atoms with Gasteiger partial charge in [0.1, 0.15) is 0 Å². The van der Waals surface area contributed by atoms with Crippen molar-refractivity contribution in [1.82, 2.24) is 5.32 Å². The topological polar surface area (TPSA) is 46.2 Å². The Morgan fingerprint density at radius 2 is 1.35 bits per heavy atom. The van der Waals surface area contributed by atoms with Gasteiger partial charge in [-0.3, -0.25) is 0 Å². The van der Waals surface area contributed by atoms with E-state index in [-0.39, 0.29) is 16.5 Å². The molecule has 0 aromatic rings. The molecule has 0 aromatic carbocycles. The predicted molar refractivity (Wildman–Crippen MR) is 84.7 cm³/mol. The lowest BCUT2D eigenvalue weighted by atomic mass is 9.97. The van der Waals surface area contributed by atoms with Gasteiger partial charge in [-0.15, -0.1) is 0 Å². The minimum atomic E-state index is -2.95. The van der Waals surface area contributed by atoms with Crippen molar-refractivity contribution < 1.29 is 8.42 Å². The molecule has 3 unspecified atom stereocenters. The van der Waals surface area contributed by atoms with E-state index >= 15 is 0 Å². The number of fused-ring (bicyclic) bond motifs is 1. The van der Waals surface area contributed by atoms with Crippen molar-refractivity contribution in [1.29, 1.82) is 0 Å². The van der Waals surface area contributed by atoms with Crippen LogP contribution in [0.5, 0.6) is 0 Å². The predicted octanol–water partition coefficient (Wildman–Crippen LogP) is 3.43. The van der Waals surface area contributed by atoms with Gasteiger partial charge in [0.25, 0.3) is 0 Å². The summed E-state index contributed by atoms with van der Waals surface area (Å²) < 4.78 is 25.5. The lowest BCUT2D eigenvalue weighted by molar-refractivity contribution is 0.410. The molecule has 1 aliphatic carbocycles. The molecule has 2 fully saturated rings. The molecular weight excluding hydrogens is 270 g/mol. The SMILES string of the molecule is CC1CCNC2CCCCCCCCCCC2S1(=O)=O. The molecule has 2 aliphatic rings. The van der Waals surface area contributed by atoms with E-state index in [4.69, 9.17) is 0 Å². The molecule has 1 saturated heterocycles. The zero-order chi connectivity index (χ0) is 14.4. The summed E-state index contributed by atoms with van der Waals surface area (Å²) in [6.45, 7) is 2.76. The molecule has 1 N–H and O–H groups in total. The summed E-state index contributed by atoms with van der Waals surface area (Å²) in [6.07, 6.45) is 12.7. The molecular formula is C16H31NO2S. The first kappa shape index (κ1) is 16.3. The third-order valence-electron chi connectivity index (χ3n) is 5.14. The number of rotatable bonds is 0. The number of hydrogen-bond acceptors (Lipinski definition) is 3. The summed E-state index contributed by atoms with van der Waals surface area (Å²) in [5.41, 5.74) is 0. The van der Waals surface area contributed by atoms with Crippen molar-refractivity contribution in [3.05, 3.63) is 0 Å². The van der Waals surface area contributed by atoms with Crippen LogP contribution in [0.4, 0.5) is 0 Å². The Labute approximate surface area is 124 Å². The van der Waals surface area contributed by atoms with E-state index in [1.807, 2.05) is 6.92 Å². The first-order valence-corrected chi connectivity index (χ1v) is 10.2. The highest BCUT2D eigenvalue weighted by Crippen LogP contribution is 2.27. The maximum absolute atomic E-state index is 12.7. The maximum atomic E-state index is 12.7. The lowest BCUT2D eigenvalue weighted by Crippen LogP contribution is -2.43. The molecule has 3 nitrogen and oxygen atoms in total. The zero-order valence-corrected chi connectivity index (χ0v) is 13.8. The summed E-state index contributed by atoms with van der Waals surface area (Å²) in [7, 11) is -2.95. The standard InChI is InChI=1S/C16H31NO2S/c1-14-12-13-17-15-10-8-6-4-2-3-5-7-9-11-16(15)20(14,18)19/h14-17H,2-13H2,1H3. The van der Waals surface area contributed by atoms with Gasteiger partial charge in [-0.25, -0.2) is 8.42 Å². The summed E-state index contributed by atoms with van der Waals surface area (Å²) >= 11 is 0. The monoisotopic (exact) mass is 301 g/mol. The molecule has 2 rings (SSSR count). The van der Waals surface area contributed by atoms with E-state index in [0.717, 1.165) is 32.2 Å². The van der Waals surface area contributed by atoms with Crippen LogP contribution >= 0.6 is 0 Å². The summed E-state index contributed by atoms with van der Waals surface area (Å²) in [5, 5.41) is 3.23. The zero-order valence-electron chi connectivity index (χ0n) is 12.9. The van der Waals surface area contributed by atoms with Crippen LogP contribution in [-0.2, 0) is 9.84 Å². The van der Waals surface area contributed by atoms with Gasteiger partial charge in [0.05, 0.1) is 10.5 Å². The van der Waals surface area contributed by atoms with Crippen molar-refractivity contribution in [2.24, 2.45) is 0 Å². The van der Waals surface area contributed by atoms with Crippen LogP contribution < -0.4 is 5.32 Å². The van der Waals surface area contributed by atoms with Crippen LogP contribution in [0.2, 0.25) is 0 Å². The number of sulfone groups is 1. The summed E-state index contributed by atoms with van der Waals surface area (Å²) in [4.78, 5) is 0.